The number of hydrogen-bond donors (Lipinski definition) is 3. The smallest absolute Gasteiger partial charge is 0.251 e. The van der Waals surface area contributed by atoms with Gasteiger partial charge in [-0.1, -0.05) is 6.07 Å². The summed E-state index contributed by atoms with van der Waals surface area (Å²) in [4.78, 5) is 12.1. The molecular weight excluding hydrogens is 240 g/mol. The van der Waals surface area contributed by atoms with E-state index in [4.69, 9.17) is 0 Å². The number of amides is 1. The number of carbonyl (C=O) groups excluding carboxylic acids is 1. The Hall–Kier alpha value is -1.88. The van der Waals surface area contributed by atoms with Gasteiger partial charge in [0.25, 0.3) is 5.91 Å². The van der Waals surface area contributed by atoms with Crippen molar-refractivity contribution in [1.82, 2.24) is 20.8 Å². The summed E-state index contributed by atoms with van der Waals surface area (Å²) in [5, 5.41) is 14.2. The van der Waals surface area contributed by atoms with E-state index in [9.17, 15) is 4.79 Å². The van der Waals surface area contributed by atoms with Gasteiger partial charge in [-0.05, 0) is 44.0 Å². The van der Waals surface area contributed by atoms with Gasteiger partial charge in [-0.2, -0.15) is 5.10 Å². The van der Waals surface area contributed by atoms with E-state index >= 15 is 0 Å². The van der Waals surface area contributed by atoms with Crippen LogP contribution in [-0.2, 0) is 0 Å². The zero-order valence-electron chi connectivity index (χ0n) is 10.8. The van der Waals surface area contributed by atoms with E-state index in [-0.39, 0.29) is 5.91 Å². The molecule has 0 saturated carbocycles. The first-order valence-electron chi connectivity index (χ1n) is 6.75. The number of carbonyl (C=O) groups is 1. The minimum absolute atomic E-state index is 0.00460. The highest BCUT2D eigenvalue weighted by molar-refractivity contribution is 5.97. The summed E-state index contributed by atoms with van der Waals surface area (Å²) in [6, 6.07) is 5.61. The van der Waals surface area contributed by atoms with Crippen LogP contribution in [0.15, 0.2) is 24.4 Å². The molecule has 0 bridgehead atoms. The van der Waals surface area contributed by atoms with Crippen molar-refractivity contribution in [2.24, 2.45) is 5.92 Å². The van der Waals surface area contributed by atoms with Gasteiger partial charge in [0, 0.05) is 17.5 Å². The van der Waals surface area contributed by atoms with Gasteiger partial charge >= 0.3 is 0 Å². The second kappa shape index (κ2) is 5.40. The molecule has 0 spiro atoms. The first-order chi connectivity index (χ1) is 9.33. The van der Waals surface area contributed by atoms with E-state index in [1.165, 1.54) is 0 Å². The Balaban J connectivity index is 1.62. The van der Waals surface area contributed by atoms with Crippen LogP contribution in [0.3, 0.4) is 0 Å². The third-order valence-corrected chi connectivity index (χ3v) is 3.71. The van der Waals surface area contributed by atoms with Gasteiger partial charge in [0.2, 0.25) is 0 Å². The van der Waals surface area contributed by atoms with Crippen LogP contribution < -0.4 is 10.6 Å². The van der Waals surface area contributed by atoms with Crippen LogP contribution in [0.2, 0.25) is 0 Å². The van der Waals surface area contributed by atoms with Crippen LogP contribution in [0.25, 0.3) is 10.9 Å². The molecule has 0 aliphatic carbocycles. The monoisotopic (exact) mass is 258 g/mol. The summed E-state index contributed by atoms with van der Waals surface area (Å²) in [7, 11) is 0. The number of aromatic amines is 1. The molecule has 3 rings (SSSR count). The van der Waals surface area contributed by atoms with E-state index in [1.54, 1.807) is 6.20 Å². The maximum Gasteiger partial charge on any atom is 0.251 e. The molecule has 2 heterocycles. The quantitative estimate of drug-likeness (QED) is 0.777. The first-order valence-corrected chi connectivity index (χ1v) is 6.75. The fraction of sp³-hybridized carbons (Fsp3) is 0.429. The lowest BCUT2D eigenvalue weighted by atomic mass is 9.98. The van der Waals surface area contributed by atoms with Crippen LogP contribution in [0, 0.1) is 5.92 Å². The van der Waals surface area contributed by atoms with Gasteiger partial charge in [-0.25, -0.2) is 0 Å². The second-order valence-corrected chi connectivity index (χ2v) is 5.08. The highest BCUT2D eigenvalue weighted by atomic mass is 16.1. The molecule has 19 heavy (non-hydrogen) atoms. The average Bonchev–Trinajstić information content (AvgIpc) is 2.93. The Labute approximate surface area is 111 Å². The lowest BCUT2D eigenvalue weighted by molar-refractivity contribution is 0.0944. The third-order valence-electron chi connectivity index (χ3n) is 3.71. The summed E-state index contributed by atoms with van der Waals surface area (Å²) in [6.45, 7) is 2.88. The van der Waals surface area contributed by atoms with Crippen LogP contribution in [-0.4, -0.2) is 35.7 Å². The number of aromatic nitrogens is 2. The molecular formula is C14H18N4O. The largest absolute Gasteiger partial charge is 0.352 e. The van der Waals surface area contributed by atoms with Crippen molar-refractivity contribution in [2.75, 3.05) is 19.6 Å². The predicted molar refractivity (Wildman–Crippen MR) is 74.0 cm³/mol. The van der Waals surface area contributed by atoms with E-state index in [0.717, 1.165) is 43.4 Å². The highest BCUT2D eigenvalue weighted by Crippen LogP contribution is 2.13. The van der Waals surface area contributed by atoms with E-state index < -0.39 is 0 Å². The number of nitrogens with one attached hydrogen (secondary N) is 3. The molecule has 1 aliphatic rings. The SMILES string of the molecule is O=C(NCC1CCNCC1)c1ccc2cn[nH]c2c1. The van der Waals surface area contributed by atoms with Crippen LogP contribution in [0.1, 0.15) is 23.2 Å². The summed E-state index contributed by atoms with van der Waals surface area (Å²) < 4.78 is 0. The molecule has 1 aromatic heterocycles. The number of H-pyrrole nitrogens is 1. The van der Waals surface area contributed by atoms with Gasteiger partial charge in [-0.15, -0.1) is 0 Å². The van der Waals surface area contributed by atoms with Crippen molar-refractivity contribution in [3.8, 4) is 0 Å². The Morgan fingerprint density at radius 3 is 3.05 bits per heavy atom. The normalized spacial score (nSPS) is 16.6. The summed E-state index contributed by atoms with van der Waals surface area (Å²) in [5.74, 6) is 0.594. The number of fused-ring (bicyclic) bond motifs is 1. The molecule has 100 valence electrons. The minimum Gasteiger partial charge on any atom is -0.352 e. The molecule has 1 aromatic carbocycles. The fourth-order valence-electron chi connectivity index (χ4n) is 2.50. The van der Waals surface area contributed by atoms with E-state index in [1.807, 2.05) is 18.2 Å². The molecule has 0 unspecified atom stereocenters. The van der Waals surface area contributed by atoms with E-state index in [2.05, 4.69) is 20.8 Å². The highest BCUT2D eigenvalue weighted by Gasteiger charge is 2.14. The maximum atomic E-state index is 12.1. The van der Waals surface area contributed by atoms with Gasteiger partial charge in [-0.3, -0.25) is 9.89 Å². The van der Waals surface area contributed by atoms with Gasteiger partial charge < -0.3 is 10.6 Å². The Bertz CT molecular complexity index is 572. The van der Waals surface area contributed by atoms with Crippen molar-refractivity contribution in [3.63, 3.8) is 0 Å². The number of nitrogens with zero attached hydrogens (tertiary/aromatic N) is 1. The molecule has 1 fully saturated rings. The fourth-order valence-corrected chi connectivity index (χ4v) is 2.50. The van der Waals surface area contributed by atoms with E-state index in [0.29, 0.717) is 11.5 Å². The van der Waals surface area contributed by atoms with Crippen LogP contribution in [0.5, 0.6) is 0 Å². The van der Waals surface area contributed by atoms with Gasteiger partial charge in [0.15, 0.2) is 0 Å². The van der Waals surface area contributed by atoms with Gasteiger partial charge in [0.05, 0.1) is 11.7 Å². The maximum absolute atomic E-state index is 12.1. The zero-order chi connectivity index (χ0) is 13.1. The number of rotatable bonds is 3. The summed E-state index contributed by atoms with van der Waals surface area (Å²) in [6.07, 6.45) is 4.03. The van der Waals surface area contributed by atoms with Gasteiger partial charge in [0.1, 0.15) is 0 Å². The van der Waals surface area contributed by atoms with Crippen LogP contribution in [0.4, 0.5) is 0 Å². The molecule has 0 atom stereocenters. The first kappa shape index (κ1) is 12.2. The summed E-state index contributed by atoms with van der Waals surface area (Å²) >= 11 is 0. The van der Waals surface area contributed by atoms with Crippen molar-refractivity contribution in [1.29, 1.82) is 0 Å². The number of benzene rings is 1. The minimum atomic E-state index is -0.00460. The van der Waals surface area contributed by atoms with Crippen molar-refractivity contribution in [3.05, 3.63) is 30.0 Å². The molecule has 3 N–H and O–H groups in total. The van der Waals surface area contributed by atoms with Crippen molar-refractivity contribution in [2.45, 2.75) is 12.8 Å². The molecule has 2 aromatic rings. The average molecular weight is 258 g/mol. The number of hydrogen-bond acceptors (Lipinski definition) is 3. The standard InChI is InChI=1S/C14H18N4O/c19-14(16-8-10-3-5-15-6-4-10)11-1-2-12-9-17-18-13(12)7-11/h1-2,7,9-10,15H,3-6,8H2,(H,16,19)(H,17,18). The molecule has 1 saturated heterocycles. The lowest BCUT2D eigenvalue weighted by Crippen LogP contribution is -2.35. The molecule has 5 nitrogen and oxygen atoms in total. The topological polar surface area (TPSA) is 69.8 Å². The Kier molecular flexibility index (Phi) is 3.46. The Morgan fingerprint density at radius 2 is 2.21 bits per heavy atom. The lowest BCUT2D eigenvalue weighted by Gasteiger charge is -2.22. The summed E-state index contributed by atoms with van der Waals surface area (Å²) in [5.41, 5.74) is 1.58. The van der Waals surface area contributed by atoms with Crippen LogP contribution >= 0.6 is 0 Å². The predicted octanol–water partition coefficient (Wildman–Crippen LogP) is 1.29. The van der Waals surface area contributed by atoms with Crippen molar-refractivity contribution >= 4 is 16.8 Å². The Morgan fingerprint density at radius 1 is 1.37 bits per heavy atom. The third kappa shape index (κ3) is 2.76. The molecule has 0 radical (unpaired) electrons. The van der Waals surface area contributed by atoms with Crippen molar-refractivity contribution < 1.29 is 4.79 Å². The zero-order valence-corrected chi connectivity index (χ0v) is 10.8. The molecule has 1 aliphatic heterocycles. The second-order valence-electron chi connectivity index (χ2n) is 5.08. The molecule has 1 amide bonds. The molecule has 5 heteroatoms. The number of piperidine rings is 1.